The lowest BCUT2D eigenvalue weighted by atomic mass is 10.2. The molecule has 4 aromatic rings. The molecule has 0 unspecified atom stereocenters. The molecule has 108 valence electrons. The molecule has 0 radical (unpaired) electrons. The second-order valence-corrected chi connectivity index (χ2v) is 4.99. The molecule has 2 aromatic carbocycles. The number of ether oxygens (including phenoxy) is 1. The number of hydrogen-bond acceptors (Lipinski definition) is 3. The van der Waals surface area contributed by atoms with Crippen LogP contribution in [-0.4, -0.2) is 16.7 Å². The van der Waals surface area contributed by atoms with Gasteiger partial charge < -0.3 is 13.7 Å². The van der Waals surface area contributed by atoms with E-state index in [4.69, 9.17) is 9.15 Å². The Balaban J connectivity index is 1.80. The van der Waals surface area contributed by atoms with E-state index >= 15 is 0 Å². The smallest absolute Gasteiger partial charge is 0.227 e. The molecule has 4 rings (SSSR count). The standard InChI is InChI=1S/C18H14N2O2/c1-21-15-6-4-5-13(11-15)18-19-16-12-14(7-8-17(16)22-18)20-9-2-3-10-20/h2-12H,1H3. The van der Waals surface area contributed by atoms with E-state index in [1.165, 1.54) is 0 Å². The van der Waals surface area contributed by atoms with E-state index in [1.54, 1.807) is 7.11 Å². The van der Waals surface area contributed by atoms with Crippen molar-refractivity contribution in [2.24, 2.45) is 0 Å². The van der Waals surface area contributed by atoms with Gasteiger partial charge in [-0.05, 0) is 48.5 Å². The Bertz CT molecular complexity index is 923. The fraction of sp³-hybridized carbons (Fsp3) is 0.0556. The van der Waals surface area contributed by atoms with Crippen LogP contribution in [0.1, 0.15) is 0 Å². The molecule has 0 fully saturated rings. The average Bonchev–Trinajstić information content (AvgIpc) is 3.23. The van der Waals surface area contributed by atoms with Crippen molar-refractivity contribution < 1.29 is 9.15 Å². The highest BCUT2D eigenvalue weighted by Crippen LogP contribution is 2.27. The van der Waals surface area contributed by atoms with Crippen LogP contribution in [0.3, 0.4) is 0 Å². The van der Waals surface area contributed by atoms with Crippen LogP contribution < -0.4 is 4.74 Å². The summed E-state index contributed by atoms with van der Waals surface area (Å²) < 4.78 is 13.1. The molecule has 0 N–H and O–H groups in total. The van der Waals surface area contributed by atoms with Crippen LogP contribution >= 0.6 is 0 Å². The third-order valence-electron chi connectivity index (χ3n) is 3.59. The third kappa shape index (κ3) is 2.15. The number of rotatable bonds is 3. The molecule has 0 aliphatic rings. The fourth-order valence-electron chi connectivity index (χ4n) is 2.46. The molecule has 2 heterocycles. The van der Waals surface area contributed by atoms with Crippen molar-refractivity contribution in [1.82, 2.24) is 9.55 Å². The van der Waals surface area contributed by atoms with E-state index < -0.39 is 0 Å². The van der Waals surface area contributed by atoms with Gasteiger partial charge in [-0.2, -0.15) is 0 Å². The van der Waals surface area contributed by atoms with E-state index in [0.29, 0.717) is 5.89 Å². The van der Waals surface area contributed by atoms with Crippen molar-refractivity contribution in [3.8, 4) is 22.9 Å². The quantitative estimate of drug-likeness (QED) is 0.565. The highest BCUT2D eigenvalue weighted by molar-refractivity contribution is 5.78. The van der Waals surface area contributed by atoms with E-state index in [-0.39, 0.29) is 0 Å². The minimum Gasteiger partial charge on any atom is -0.497 e. The zero-order valence-electron chi connectivity index (χ0n) is 12.1. The van der Waals surface area contributed by atoms with E-state index in [1.807, 2.05) is 71.6 Å². The van der Waals surface area contributed by atoms with Gasteiger partial charge in [0.2, 0.25) is 5.89 Å². The molecular weight excluding hydrogens is 276 g/mol. The zero-order chi connectivity index (χ0) is 14.9. The topological polar surface area (TPSA) is 40.2 Å². The van der Waals surface area contributed by atoms with Gasteiger partial charge >= 0.3 is 0 Å². The van der Waals surface area contributed by atoms with Crippen molar-refractivity contribution in [3.05, 3.63) is 67.0 Å². The molecule has 0 saturated heterocycles. The molecule has 4 heteroatoms. The van der Waals surface area contributed by atoms with Gasteiger partial charge in [0.05, 0.1) is 7.11 Å². The Kier molecular flexibility index (Phi) is 2.93. The van der Waals surface area contributed by atoms with Crippen molar-refractivity contribution in [2.75, 3.05) is 7.11 Å². The monoisotopic (exact) mass is 290 g/mol. The second kappa shape index (κ2) is 5.07. The van der Waals surface area contributed by atoms with E-state index in [9.17, 15) is 0 Å². The van der Waals surface area contributed by atoms with Gasteiger partial charge in [-0.3, -0.25) is 0 Å². The molecule has 2 aromatic heterocycles. The summed E-state index contributed by atoms with van der Waals surface area (Å²) in [6, 6.07) is 17.7. The van der Waals surface area contributed by atoms with Crippen molar-refractivity contribution in [2.45, 2.75) is 0 Å². The van der Waals surface area contributed by atoms with E-state index in [0.717, 1.165) is 28.1 Å². The summed E-state index contributed by atoms with van der Waals surface area (Å²) >= 11 is 0. The van der Waals surface area contributed by atoms with Crippen LogP contribution in [0.2, 0.25) is 0 Å². The maximum atomic E-state index is 5.85. The molecule has 0 aliphatic heterocycles. The number of methoxy groups -OCH3 is 1. The summed E-state index contributed by atoms with van der Waals surface area (Å²) in [5.74, 6) is 1.38. The lowest BCUT2D eigenvalue weighted by Crippen LogP contribution is -1.88. The minimum absolute atomic E-state index is 0.596. The van der Waals surface area contributed by atoms with E-state index in [2.05, 4.69) is 4.98 Å². The lowest BCUT2D eigenvalue weighted by molar-refractivity contribution is 0.415. The summed E-state index contributed by atoms with van der Waals surface area (Å²) in [4.78, 5) is 4.59. The van der Waals surface area contributed by atoms with Crippen LogP contribution in [-0.2, 0) is 0 Å². The molecule has 0 amide bonds. The summed E-state index contributed by atoms with van der Waals surface area (Å²) in [5, 5.41) is 0. The maximum absolute atomic E-state index is 5.85. The molecular formula is C18H14N2O2. The van der Waals surface area contributed by atoms with Gasteiger partial charge in [0.1, 0.15) is 11.3 Å². The highest BCUT2D eigenvalue weighted by Gasteiger charge is 2.10. The Labute approximate surface area is 127 Å². The summed E-state index contributed by atoms with van der Waals surface area (Å²) in [6.45, 7) is 0. The molecule has 4 nitrogen and oxygen atoms in total. The van der Waals surface area contributed by atoms with Crippen molar-refractivity contribution in [3.63, 3.8) is 0 Å². The summed E-state index contributed by atoms with van der Waals surface area (Å²) in [7, 11) is 1.65. The van der Waals surface area contributed by atoms with Gasteiger partial charge in [-0.25, -0.2) is 4.98 Å². The van der Waals surface area contributed by atoms with Crippen molar-refractivity contribution >= 4 is 11.1 Å². The van der Waals surface area contributed by atoms with Crippen LogP contribution in [0, 0.1) is 0 Å². The van der Waals surface area contributed by atoms with Crippen LogP contribution in [0.15, 0.2) is 71.4 Å². The maximum Gasteiger partial charge on any atom is 0.227 e. The second-order valence-electron chi connectivity index (χ2n) is 4.99. The van der Waals surface area contributed by atoms with Gasteiger partial charge in [-0.1, -0.05) is 6.07 Å². The first-order valence-corrected chi connectivity index (χ1v) is 7.02. The number of oxazole rings is 1. The molecule has 0 saturated carbocycles. The Hall–Kier alpha value is -3.01. The Morgan fingerprint density at radius 1 is 1.00 bits per heavy atom. The largest absolute Gasteiger partial charge is 0.497 e. The lowest BCUT2D eigenvalue weighted by Gasteiger charge is -2.00. The molecule has 0 bridgehead atoms. The first-order valence-electron chi connectivity index (χ1n) is 7.02. The van der Waals surface area contributed by atoms with Gasteiger partial charge in [0.15, 0.2) is 5.58 Å². The molecule has 0 atom stereocenters. The van der Waals surface area contributed by atoms with Gasteiger partial charge in [-0.15, -0.1) is 0 Å². The summed E-state index contributed by atoms with van der Waals surface area (Å²) in [6.07, 6.45) is 4.01. The highest BCUT2D eigenvalue weighted by atomic mass is 16.5. The Morgan fingerprint density at radius 2 is 1.86 bits per heavy atom. The number of aromatic nitrogens is 2. The average molecular weight is 290 g/mol. The molecule has 22 heavy (non-hydrogen) atoms. The minimum atomic E-state index is 0.596. The number of hydrogen-bond donors (Lipinski definition) is 0. The third-order valence-corrected chi connectivity index (χ3v) is 3.59. The summed E-state index contributed by atoms with van der Waals surface area (Å²) in [5.41, 5.74) is 3.57. The van der Waals surface area contributed by atoms with Gasteiger partial charge in [0.25, 0.3) is 0 Å². The normalized spacial score (nSPS) is 11.0. The number of fused-ring (bicyclic) bond motifs is 1. The number of benzene rings is 2. The predicted octanol–water partition coefficient (Wildman–Crippen LogP) is 4.29. The first kappa shape index (κ1) is 12.7. The molecule has 0 spiro atoms. The van der Waals surface area contributed by atoms with Crippen LogP contribution in [0.5, 0.6) is 5.75 Å². The predicted molar refractivity (Wildman–Crippen MR) is 85.3 cm³/mol. The fourth-order valence-corrected chi connectivity index (χ4v) is 2.46. The Morgan fingerprint density at radius 3 is 2.68 bits per heavy atom. The molecule has 0 aliphatic carbocycles. The first-order chi connectivity index (χ1) is 10.8. The van der Waals surface area contributed by atoms with Crippen molar-refractivity contribution in [1.29, 1.82) is 0 Å². The van der Waals surface area contributed by atoms with Crippen LogP contribution in [0.25, 0.3) is 28.2 Å². The van der Waals surface area contributed by atoms with Gasteiger partial charge in [0, 0.05) is 23.6 Å². The SMILES string of the molecule is COc1cccc(-c2nc3cc(-n4cccc4)ccc3o2)c1. The zero-order valence-corrected chi connectivity index (χ0v) is 12.1. The number of nitrogens with zero attached hydrogens (tertiary/aromatic N) is 2. The van der Waals surface area contributed by atoms with Crippen LogP contribution in [0.4, 0.5) is 0 Å².